The fraction of sp³-hybridized carbons (Fsp3) is 0.512. The lowest BCUT2D eigenvalue weighted by Gasteiger charge is -2.43. The average molecular weight is 720 g/mol. The summed E-state index contributed by atoms with van der Waals surface area (Å²) < 4.78 is 23.8. The lowest BCUT2D eigenvalue weighted by Crippen LogP contribution is -2.57. The van der Waals surface area contributed by atoms with Gasteiger partial charge in [-0.3, -0.25) is 4.79 Å². The van der Waals surface area contributed by atoms with Crippen molar-refractivity contribution in [1.82, 2.24) is 16.0 Å². The Labute approximate surface area is 307 Å². The Kier molecular flexibility index (Phi) is 15.7. The third kappa shape index (κ3) is 12.8. The van der Waals surface area contributed by atoms with Crippen LogP contribution in [-0.4, -0.2) is 72.8 Å². The first-order chi connectivity index (χ1) is 24.1. The fourth-order valence-electron chi connectivity index (χ4n) is 5.43. The molecule has 9 nitrogen and oxygen atoms in total. The highest BCUT2D eigenvalue weighted by Gasteiger charge is 2.41. The Morgan fingerprint density at radius 3 is 2.22 bits per heavy atom. The molecule has 0 heterocycles. The Morgan fingerprint density at radius 1 is 0.843 bits per heavy atom. The molecule has 0 aliphatic heterocycles. The highest BCUT2D eigenvalue weighted by atomic mass is 28.4. The van der Waals surface area contributed by atoms with Gasteiger partial charge in [-0.15, -0.1) is 0 Å². The van der Waals surface area contributed by atoms with E-state index < -0.39 is 32.0 Å². The molecule has 0 aliphatic carbocycles. The van der Waals surface area contributed by atoms with E-state index in [9.17, 15) is 9.59 Å². The van der Waals surface area contributed by atoms with Crippen molar-refractivity contribution < 1.29 is 28.2 Å². The van der Waals surface area contributed by atoms with Crippen LogP contribution in [0, 0.1) is 0 Å². The van der Waals surface area contributed by atoms with Crippen LogP contribution in [0.1, 0.15) is 86.2 Å². The molecule has 280 valence electrons. The minimum absolute atomic E-state index is 0.0727. The highest BCUT2D eigenvalue weighted by molar-refractivity contribution is 6.74. The van der Waals surface area contributed by atoms with Gasteiger partial charge in [-0.2, -0.15) is 0 Å². The number of methoxy groups -OCH3 is 2. The minimum atomic E-state index is -2.34. The zero-order valence-electron chi connectivity index (χ0n) is 32.5. The fourth-order valence-corrected chi connectivity index (χ4v) is 6.79. The first-order valence-corrected chi connectivity index (χ1v) is 21.0. The van der Waals surface area contributed by atoms with Gasteiger partial charge in [0.15, 0.2) is 8.32 Å². The van der Waals surface area contributed by atoms with Crippen LogP contribution in [0.3, 0.4) is 0 Å². The van der Waals surface area contributed by atoms with Crippen molar-refractivity contribution in [3.05, 3.63) is 95.1 Å². The maximum Gasteiger partial charge on any atom is 0.337 e. The van der Waals surface area contributed by atoms with Crippen molar-refractivity contribution in [1.29, 1.82) is 0 Å². The summed E-state index contributed by atoms with van der Waals surface area (Å²) in [7, 11) is 0.654. The minimum Gasteiger partial charge on any atom is -0.497 e. The van der Waals surface area contributed by atoms with E-state index in [1.807, 2.05) is 36.4 Å². The second kappa shape index (κ2) is 19.2. The van der Waals surface area contributed by atoms with Gasteiger partial charge in [0, 0.05) is 17.6 Å². The highest BCUT2D eigenvalue weighted by Crippen LogP contribution is 2.38. The van der Waals surface area contributed by atoms with Crippen molar-refractivity contribution in [2.24, 2.45) is 0 Å². The molecule has 0 fully saturated rings. The van der Waals surface area contributed by atoms with Gasteiger partial charge in [0.25, 0.3) is 5.91 Å². The van der Waals surface area contributed by atoms with Gasteiger partial charge in [-0.25, -0.2) is 4.79 Å². The van der Waals surface area contributed by atoms with Gasteiger partial charge in [0.1, 0.15) is 11.5 Å². The summed E-state index contributed by atoms with van der Waals surface area (Å²) in [6, 6.07) is 22.3. The average Bonchev–Trinajstić information content (AvgIpc) is 3.10. The normalized spacial score (nSPS) is 13.3. The third-order valence-corrected chi connectivity index (χ3v) is 14.2. The molecule has 0 aromatic heterocycles. The summed E-state index contributed by atoms with van der Waals surface area (Å²) in [6.45, 7) is 20.5. The van der Waals surface area contributed by atoms with Gasteiger partial charge in [0.05, 0.1) is 38.5 Å². The van der Waals surface area contributed by atoms with Crippen LogP contribution < -0.4 is 25.4 Å². The molecule has 0 spiro atoms. The lowest BCUT2D eigenvalue weighted by atomic mass is 9.93. The number of carbonyl (C=O) groups is 2. The summed E-state index contributed by atoms with van der Waals surface area (Å²) in [5.41, 5.74) is 2.33. The lowest BCUT2D eigenvalue weighted by molar-refractivity contribution is 0.0600. The Hall–Kier alpha value is -3.70. The van der Waals surface area contributed by atoms with E-state index >= 15 is 0 Å². The predicted octanol–water partition coefficient (Wildman–Crippen LogP) is 7.51. The van der Waals surface area contributed by atoms with Crippen LogP contribution in [0.5, 0.6) is 11.5 Å². The molecule has 0 saturated carbocycles. The molecule has 0 bridgehead atoms. The number of rotatable bonds is 20. The number of esters is 1. The molecular formula is C41H61N3O6Si. The number of hydrogen-bond acceptors (Lipinski definition) is 8. The molecule has 0 aliphatic rings. The molecule has 3 N–H and O–H groups in total. The second-order valence-electron chi connectivity index (χ2n) is 15.1. The van der Waals surface area contributed by atoms with Crippen LogP contribution in [0.2, 0.25) is 18.1 Å². The van der Waals surface area contributed by atoms with Gasteiger partial charge in [0.2, 0.25) is 0 Å². The standard InChI is InChI=1S/C41H61N3O6Si/c1-11-22-42-23-15-24-49-35-21-12-16-30(25-35)26-36(44-38(45)31-17-13-18-32(27-31)39(46)48-8)37(50-51(9,10)40(2,3)4)29-43-41(5,6)33-19-14-20-34(28-33)47-7/h12-14,16-21,25,27-28,36-37,42-43H,11,15,22-24,26,29H2,1-10H3,(H,44,45). The van der Waals surface area contributed by atoms with E-state index in [4.69, 9.17) is 18.6 Å². The summed E-state index contributed by atoms with van der Waals surface area (Å²) in [5.74, 6) is 0.781. The van der Waals surface area contributed by atoms with Gasteiger partial charge >= 0.3 is 5.97 Å². The van der Waals surface area contributed by atoms with Gasteiger partial charge in [-0.05, 0) is 118 Å². The van der Waals surface area contributed by atoms with Crippen molar-refractivity contribution in [3.63, 3.8) is 0 Å². The summed E-state index contributed by atoms with van der Waals surface area (Å²) in [6.07, 6.45) is 2.10. The largest absolute Gasteiger partial charge is 0.497 e. The third-order valence-electron chi connectivity index (χ3n) is 9.65. The second-order valence-corrected chi connectivity index (χ2v) is 19.9. The predicted molar refractivity (Wildman–Crippen MR) is 209 cm³/mol. The number of amides is 1. The van der Waals surface area contributed by atoms with E-state index in [2.05, 4.69) is 82.7 Å². The number of carbonyl (C=O) groups excluding carboxylic acids is 2. The van der Waals surface area contributed by atoms with E-state index in [1.165, 1.54) is 7.11 Å². The smallest absolute Gasteiger partial charge is 0.337 e. The number of nitrogens with one attached hydrogen (secondary N) is 3. The van der Waals surface area contributed by atoms with Crippen molar-refractivity contribution in [2.45, 2.75) is 96.6 Å². The number of hydrogen-bond donors (Lipinski definition) is 3. The van der Waals surface area contributed by atoms with E-state index in [1.54, 1.807) is 31.4 Å². The molecule has 0 radical (unpaired) electrons. The molecule has 1 amide bonds. The van der Waals surface area contributed by atoms with E-state index in [0.29, 0.717) is 30.7 Å². The SMILES string of the molecule is CCCNCCCOc1cccc(CC(NC(=O)c2cccc(C(=O)OC)c2)C(CNC(C)(C)c2cccc(OC)c2)O[Si](C)(C)C(C)(C)C)c1. The van der Waals surface area contributed by atoms with Crippen LogP contribution in [0.15, 0.2) is 72.8 Å². The summed E-state index contributed by atoms with van der Waals surface area (Å²) in [4.78, 5) is 26.3. The first-order valence-electron chi connectivity index (χ1n) is 18.1. The molecule has 10 heteroatoms. The summed E-state index contributed by atoms with van der Waals surface area (Å²) >= 11 is 0. The van der Waals surface area contributed by atoms with Crippen LogP contribution in [-0.2, 0) is 21.1 Å². The number of benzene rings is 3. The Bertz CT molecular complexity index is 1550. The molecule has 0 saturated heterocycles. The quantitative estimate of drug-likeness (QED) is 0.0626. The number of ether oxygens (including phenoxy) is 3. The maximum atomic E-state index is 14.0. The van der Waals surface area contributed by atoms with E-state index in [-0.39, 0.29) is 10.9 Å². The zero-order chi connectivity index (χ0) is 37.7. The van der Waals surface area contributed by atoms with Crippen LogP contribution in [0.25, 0.3) is 0 Å². The Balaban J connectivity index is 1.99. The van der Waals surface area contributed by atoms with Gasteiger partial charge < -0.3 is 34.6 Å². The summed E-state index contributed by atoms with van der Waals surface area (Å²) in [5, 5.41) is 10.4. The van der Waals surface area contributed by atoms with Crippen molar-refractivity contribution >= 4 is 20.2 Å². The molecule has 2 unspecified atom stereocenters. The molecule has 3 aromatic rings. The molecule has 3 aromatic carbocycles. The van der Waals surface area contributed by atoms with Crippen LogP contribution >= 0.6 is 0 Å². The first kappa shape index (κ1) is 41.7. The van der Waals surface area contributed by atoms with E-state index in [0.717, 1.165) is 48.6 Å². The van der Waals surface area contributed by atoms with Crippen molar-refractivity contribution in [2.75, 3.05) is 40.5 Å². The van der Waals surface area contributed by atoms with Gasteiger partial charge in [-0.1, -0.05) is 58.0 Å². The zero-order valence-corrected chi connectivity index (χ0v) is 33.5. The van der Waals surface area contributed by atoms with Crippen LogP contribution in [0.4, 0.5) is 0 Å². The monoisotopic (exact) mass is 719 g/mol. The van der Waals surface area contributed by atoms with Crippen molar-refractivity contribution in [3.8, 4) is 11.5 Å². The maximum absolute atomic E-state index is 14.0. The molecule has 3 rings (SSSR count). The Morgan fingerprint density at radius 2 is 1.53 bits per heavy atom. The molecule has 51 heavy (non-hydrogen) atoms. The molecule has 2 atom stereocenters. The topological polar surface area (TPSA) is 107 Å². The molecular weight excluding hydrogens is 659 g/mol.